The van der Waals surface area contributed by atoms with Crippen molar-refractivity contribution in [3.8, 4) is 5.75 Å². The summed E-state index contributed by atoms with van der Waals surface area (Å²) in [6.07, 6.45) is 2.80. The van der Waals surface area contributed by atoms with Gasteiger partial charge in [-0.2, -0.15) is 4.98 Å². The Hall–Kier alpha value is -2.90. The average Bonchev–Trinajstić information content (AvgIpc) is 3.14. The van der Waals surface area contributed by atoms with Crippen molar-refractivity contribution in [1.82, 2.24) is 15.0 Å². The minimum Gasteiger partial charge on any atom is -0.485 e. The molecule has 1 amide bonds. The summed E-state index contributed by atoms with van der Waals surface area (Å²) in [5.41, 5.74) is 0.443. The van der Waals surface area contributed by atoms with E-state index in [4.69, 9.17) is 9.26 Å². The number of aliphatic carboxylic acids is 1. The first-order chi connectivity index (χ1) is 12.6. The lowest BCUT2D eigenvalue weighted by Crippen LogP contribution is -2.47. The molecule has 8 nitrogen and oxygen atoms in total. The minimum atomic E-state index is -0.954. The standard InChI is InChI=1S/C18H21N3O5/c1-2-16-19-15(20-26-16)11-25-13-8-6-12(7-9-13)17(22)21-10-4-3-5-14(21)18(23)24/h6-9,14H,2-5,10-11H2,1H3,(H,23,24). The minimum absolute atomic E-state index is 0.171. The lowest BCUT2D eigenvalue weighted by Gasteiger charge is -2.33. The van der Waals surface area contributed by atoms with Crippen LogP contribution in [-0.2, 0) is 17.8 Å². The van der Waals surface area contributed by atoms with Crippen LogP contribution in [0.15, 0.2) is 28.8 Å². The number of amides is 1. The van der Waals surface area contributed by atoms with Gasteiger partial charge in [0.05, 0.1) is 0 Å². The van der Waals surface area contributed by atoms with E-state index in [0.717, 1.165) is 12.8 Å². The summed E-state index contributed by atoms with van der Waals surface area (Å²) in [6, 6.07) is 5.87. The average molecular weight is 359 g/mol. The predicted molar refractivity (Wildman–Crippen MR) is 90.8 cm³/mol. The van der Waals surface area contributed by atoms with Gasteiger partial charge < -0.3 is 19.3 Å². The Morgan fingerprint density at radius 2 is 2.08 bits per heavy atom. The molecule has 8 heteroatoms. The molecule has 1 N–H and O–H groups in total. The topological polar surface area (TPSA) is 106 Å². The van der Waals surface area contributed by atoms with Crippen LogP contribution in [0.25, 0.3) is 0 Å². The second kappa shape index (κ2) is 7.99. The lowest BCUT2D eigenvalue weighted by molar-refractivity contribution is -0.143. The molecule has 0 radical (unpaired) electrons. The molecule has 138 valence electrons. The molecular weight excluding hydrogens is 338 g/mol. The molecule has 0 spiro atoms. The van der Waals surface area contributed by atoms with Gasteiger partial charge in [0.1, 0.15) is 11.8 Å². The fraction of sp³-hybridized carbons (Fsp3) is 0.444. The van der Waals surface area contributed by atoms with E-state index in [-0.39, 0.29) is 12.5 Å². The largest absolute Gasteiger partial charge is 0.485 e. The normalized spacial score (nSPS) is 17.1. The third-order valence-corrected chi connectivity index (χ3v) is 4.33. The van der Waals surface area contributed by atoms with Gasteiger partial charge in [0.15, 0.2) is 6.61 Å². The van der Waals surface area contributed by atoms with Crippen LogP contribution in [0.2, 0.25) is 0 Å². The van der Waals surface area contributed by atoms with E-state index in [1.807, 2.05) is 6.92 Å². The number of aromatic nitrogens is 2. The number of nitrogens with zero attached hydrogens (tertiary/aromatic N) is 3. The van der Waals surface area contributed by atoms with Gasteiger partial charge in [-0.3, -0.25) is 4.79 Å². The molecular formula is C18H21N3O5. The molecule has 1 unspecified atom stereocenters. The van der Waals surface area contributed by atoms with Gasteiger partial charge in [0.2, 0.25) is 11.7 Å². The number of ether oxygens (including phenoxy) is 1. The van der Waals surface area contributed by atoms with Gasteiger partial charge in [-0.1, -0.05) is 12.1 Å². The first-order valence-electron chi connectivity index (χ1n) is 8.66. The summed E-state index contributed by atoms with van der Waals surface area (Å²) >= 11 is 0. The highest BCUT2D eigenvalue weighted by molar-refractivity contribution is 5.96. The van der Waals surface area contributed by atoms with Crippen molar-refractivity contribution in [2.45, 2.75) is 45.3 Å². The molecule has 2 heterocycles. The maximum Gasteiger partial charge on any atom is 0.326 e. The van der Waals surface area contributed by atoms with Crippen molar-refractivity contribution < 1.29 is 24.0 Å². The molecule has 1 aliphatic rings. The molecule has 1 fully saturated rings. The third-order valence-electron chi connectivity index (χ3n) is 4.33. The number of aryl methyl sites for hydroxylation is 1. The zero-order valence-corrected chi connectivity index (χ0v) is 14.6. The van der Waals surface area contributed by atoms with Crippen LogP contribution in [0.4, 0.5) is 0 Å². The number of carboxylic acids is 1. The first kappa shape index (κ1) is 17.9. The Morgan fingerprint density at radius 1 is 1.31 bits per heavy atom. The molecule has 1 aromatic heterocycles. The summed E-state index contributed by atoms with van der Waals surface area (Å²) in [4.78, 5) is 29.6. The molecule has 1 aliphatic heterocycles. The molecule has 26 heavy (non-hydrogen) atoms. The van der Waals surface area contributed by atoms with Gasteiger partial charge >= 0.3 is 5.97 Å². The van der Waals surface area contributed by atoms with Crippen molar-refractivity contribution in [2.24, 2.45) is 0 Å². The van der Waals surface area contributed by atoms with Crippen molar-refractivity contribution in [3.05, 3.63) is 41.5 Å². The summed E-state index contributed by atoms with van der Waals surface area (Å²) in [5.74, 6) is 0.357. The number of carbonyl (C=O) groups is 2. The van der Waals surface area contributed by atoms with Gasteiger partial charge in [-0.25, -0.2) is 4.79 Å². The monoisotopic (exact) mass is 359 g/mol. The zero-order valence-electron chi connectivity index (χ0n) is 14.6. The van der Waals surface area contributed by atoms with Crippen molar-refractivity contribution in [1.29, 1.82) is 0 Å². The van der Waals surface area contributed by atoms with Crippen LogP contribution in [0.3, 0.4) is 0 Å². The number of benzene rings is 1. The number of hydrogen-bond acceptors (Lipinski definition) is 6. The molecule has 0 saturated carbocycles. The molecule has 2 aromatic rings. The SMILES string of the molecule is CCc1nc(COc2ccc(C(=O)N3CCCCC3C(=O)O)cc2)no1. The van der Waals surface area contributed by atoms with Crippen LogP contribution < -0.4 is 4.74 Å². The van der Waals surface area contributed by atoms with Crippen LogP contribution in [0.5, 0.6) is 5.75 Å². The summed E-state index contributed by atoms with van der Waals surface area (Å²) in [5, 5.41) is 13.1. The third kappa shape index (κ3) is 4.01. The van der Waals surface area contributed by atoms with Crippen LogP contribution in [0, 0.1) is 0 Å². The maximum atomic E-state index is 12.6. The number of rotatable bonds is 6. The van der Waals surface area contributed by atoms with E-state index >= 15 is 0 Å². The smallest absolute Gasteiger partial charge is 0.326 e. The maximum absolute atomic E-state index is 12.6. The quantitative estimate of drug-likeness (QED) is 0.843. The fourth-order valence-corrected chi connectivity index (χ4v) is 2.93. The molecule has 1 atom stereocenters. The molecule has 1 saturated heterocycles. The molecule has 3 rings (SSSR count). The highest BCUT2D eigenvalue weighted by atomic mass is 16.5. The van der Waals surface area contributed by atoms with Crippen LogP contribution >= 0.6 is 0 Å². The Bertz CT molecular complexity index is 771. The Labute approximate surface area is 150 Å². The van der Waals surface area contributed by atoms with Crippen molar-refractivity contribution in [2.75, 3.05) is 6.54 Å². The fourth-order valence-electron chi connectivity index (χ4n) is 2.93. The summed E-state index contributed by atoms with van der Waals surface area (Å²) in [6.45, 7) is 2.56. The Kier molecular flexibility index (Phi) is 5.50. The van der Waals surface area contributed by atoms with Gasteiger partial charge in [0.25, 0.3) is 5.91 Å². The van der Waals surface area contributed by atoms with E-state index < -0.39 is 12.0 Å². The predicted octanol–water partition coefficient (Wildman–Crippen LogP) is 2.29. The number of likely N-dealkylation sites (tertiary alicyclic amines) is 1. The lowest BCUT2D eigenvalue weighted by atomic mass is 10.0. The molecule has 0 aliphatic carbocycles. The second-order valence-electron chi connectivity index (χ2n) is 6.12. The van der Waals surface area contributed by atoms with E-state index in [1.54, 1.807) is 24.3 Å². The summed E-state index contributed by atoms with van der Waals surface area (Å²) in [7, 11) is 0. The Balaban J connectivity index is 1.62. The van der Waals surface area contributed by atoms with Gasteiger partial charge in [0, 0.05) is 18.5 Å². The number of piperidine rings is 1. The van der Waals surface area contributed by atoms with Gasteiger partial charge in [-0.05, 0) is 43.5 Å². The van der Waals surface area contributed by atoms with Crippen molar-refractivity contribution in [3.63, 3.8) is 0 Å². The second-order valence-corrected chi connectivity index (χ2v) is 6.12. The van der Waals surface area contributed by atoms with Crippen LogP contribution in [-0.4, -0.2) is 44.6 Å². The van der Waals surface area contributed by atoms with E-state index in [1.165, 1.54) is 4.90 Å². The van der Waals surface area contributed by atoms with Gasteiger partial charge in [-0.15, -0.1) is 0 Å². The first-order valence-corrected chi connectivity index (χ1v) is 8.66. The summed E-state index contributed by atoms with van der Waals surface area (Å²) < 4.78 is 10.6. The highest BCUT2D eigenvalue weighted by Crippen LogP contribution is 2.21. The van der Waals surface area contributed by atoms with Crippen molar-refractivity contribution >= 4 is 11.9 Å². The molecule has 0 bridgehead atoms. The number of carbonyl (C=O) groups excluding carboxylic acids is 1. The van der Waals surface area contributed by atoms with E-state index in [0.29, 0.717) is 42.4 Å². The highest BCUT2D eigenvalue weighted by Gasteiger charge is 2.32. The number of carboxylic acid groups (broad SMARTS) is 1. The molecule has 1 aromatic carbocycles. The Morgan fingerprint density at radius 3 is 2.73 bits per heavy atom. The van der Waals surface area contributed by atoms with E-state index in [2.05, 4.69) is 10.1 Å². The van der Waals surface area contributed by atoms with E-state index in [9.17, 15) is 14.7 Å². The number of hydrogen-bond donors (Lipinski definition) is 1. The van der Waals surface area contributed by atoms with Crippen LogP contribution in [0.1, 0.15) is 48.3 Å². The zero-order chi connectivity index (χ0) is 18.5.